The van der Waals surface area contributed by atoms with Crippen molar-refractivity contribution in [2.45, 2.75) is 18.9 Å². The van der Waals surface area contributed by atoms with E-state index in [0.29, 0.717) is 0 Å². The van der Waals surface area contributed by atoms with Crippen LogP contribution in [0, 0.1) is 0 Å². The third-order valence-corrected chi connectivity index (χ3v) is 3.42. The van der Waals surface area contributed by atoms with Crippen LogP contribution in [0.4, 0.5) is 0 Å². The molecule has 0 saturated heterocycles. The molecule has 114 valence electrons. The fourth-order valence-corrected chi connectivity index (χ4v) is 2.30. The van der Waals surface area contributed by atoms with E-state index in [2.05, 4.69) is 24.0 Å². The van der Waals surface area contributed by atoms with Crippen LogP contribution in [0.2, 0.25) is 0 Å². The van der Waals surface area contributed by atoms with Crippen LogP contribution in [0.25, 0.3) is 0 Å². The van der Waals surface area contributed by atoms with Crippen molar-refractivity contribution in [3.8, 4) is 0 Å². The van der Waals surface area contributed by atoms with Crippen LogP contribution in [0.5, 0.6) is 0 Å². The molecule has 1 aromatic rings. The Labute approximate surface area is 122 Å². The average molecular weight is 280 g/mol. The van der Waals surface area contributed by atoms with Gasteiger partial charge in [-0.3, -0.25) is 4.90 Å². The SMILES string of the molecule is COCCCN(CCOC)CC(C)(N)c1ccccc1. The summed E-state index contributed by atoms with van der Waals surface area (Å²) in [5, 5.41) is 0. The second-order valence-corrected chi connectivity index (χ2v) is 5.40. The van der Waals surface area contributed by atoms with E-state index in [-0.39, 0.29) is 5.54 Å². The van der Waals surface area contributed by atoms with Crippen LogP contribution in [0.3, 0.4) is 0 Å². The van der Waals surface area contributed by atoms with Gasteiger partial charge in [-0.05, 0) is 18.9 Å². The van der Waals surface area contributed by atoms with Gasteiger partial charge in [-0.2, -0.15) is 0 Å². The number of benzene rings is 1. The van der Waals surface area contributed by atoms with E-state index in [1.54, 1.807) is 14.2 Å². The van der Waals surface area contributed by atoms with Crippen molar-refractivity contribution < 1.29 is 9.47 Å². The van der Waals surface area contributed by atoms with Crippen molar-refractivity contribution in [3.05, 3.63) is 35.9 Å². The largest absolute Gasteiger partial charge is 0.385 e. The molecule has 0 radical (unpaired) electrons. The van der Waals surface area contributed by atoms with Crippen molar-refractivity contribution in [1.29, 1.82) is 0 Å². The Morgan fingerprint density at radius 3 is 2.30 bits per heavy atom. The van der Waals surface area contributed by atoms with Crippen LogP contribution in [0.15, 0.2) is 30.3 Å². The van der Waals surface area contributed by atoms with Crippen LogP contribution in [-0.2, 0) is 15.0 Å². The Morgan fingerprint density at radius 1 is 1.05 bits per heavy atom. The van der Waals surface area contributed by atoms with Gasteiger partial charge in [0.15, 0.2) is 0 Å². The Balaban J connectivity index is 2.61. The van der Waals surface area contributed by atoms with Gasteiger partial charge >= 0.3 is 0 Å². The summed E-state index contributed by atoms with van der Waals surface area (Å²) >= 11 is 0. The molecule has 0 aliphatic heterocycles. The van der Waals surface area contributed by atoms with Crippen molar-refractivity contribution in [3.63, 3.8) is 0 Å². The summed E-state index contributed by atoms with van der Waals surface area (Å²) in [6.07, 6.45) is 1.01. The third-order valence-electron chi connectivity index (χ3n) is 3.42. The second kappa shape index (κ2) is 9.08. The molecule has 1 aromatic carbocycles. The first kappa shape index (κ1) is 17.1. The first-order valence-corrected chi connectivity index (χ1v) is 7.15. The highest BCUT2D eigenvalue weighted by molar-refractivity contribution is 5.23. The smallest absolute Gasteiger partial charge is 0.0589 e. The third kappa shape index (κ3) is 6.01. The van der Waals surface area contributed by atoms with E-state index < -0.39 is 0 Å². The number of rotatable bonds is 10. The first-order chi connectivity index (χ1) is 9.60. The number of ether oxygens (including phenoxy) is 2. The van der Waals surface area contributed by atoms with Crippen molar-refractivity contribution in [1.82, 2.24) is 4.90 Å². The molecular weight excluding hydrogens is 252 g/mol. The molecule has 0 aliphatic rings. The Hall–Kier alpha value is -0.940. The van der Waals surface area contributed by atoms with Crippen LogP contribution in [0.1, 0.15) is 18.9 Å². The van der Waals surface area contributed by atoms with Crippen LogP contribution in [-0.4, -0.2) is 52.0 Å². The summed E-state index contributed by atoms with van der Waals surface area (Å²) < 4.78 is 10.3. The number of hydrogen-bond donors (Lipinski definition) is 1. The van der Waals surface area contributed by atoms with E-state index in [4.69, 9.17) is 15.2 Å². The van der Waals surface area contributed by atoms with Crippen molar-refractivity contribution >= 4 is 0 Å². The normalized spacial score (nSPS) is 14.4. The molecule has 0 saturated carbocycles. The summed E-state index contributed by atoms with van der Waals surface area (Å²) in [7, 11) is 3.46. The minimum Gasteiger partial charge on any atom is -0.385 e. The fourth-order valence-electron chi connectivity index (χ4n) is 2.30. The number of hydrogen-bond acceptors (Lipinski definition) is 4. The summed E-state index contributed by atoms with van der Waals surface area (Å²) in [6, 6.07) is 10.3. The maximum absolute atomic E-state index is 6.50. The highest BCUT2D eigenvalue weighted by Gasteiger charge is 2.24. The standard InChI is InChI=1S/C16H28N2O2/c1-16(17,15-8-5-4-6-9-15)14-18(11-13-20-3)10-7-12-19-2/h4-6,8-9H,7,10-14,17H2,1-3H3. The highest BCUT2D eigenvalue weighted by atomic mass is 16.5. The molecule has 4 nitrogen and oxygen atoms in total. The van der Waals surface area contributed by atoms with Gasteiger partial charge in [0.25, 0.3) is 0 Å². The van der Waals surface area contributed by atoms with E-state index in [1.165, 1.54) is 0 Å². The lowest BCUT2D eigenvalue weighted by Crippen LogP contribution is -2.46. The molecule has 0 amide bonds. The molecule has 0 bridgehead atoms. The lowest BCUT2D eigenvalue weighted by molar-refractivity contribution is 0.119. The number of nitrogens with zero attached hydrogens (tertiary/aromatic N) is 1. The van der Waals surface area contributed by atoms with Crippen LogP contribution >= 0.6 is 0 Å². The fraction of sp³-hybridized carbons (Fsp3) is 0.625. The van der Waals surface area contributed by atoms with E-state index in [9.17, 15) is 0 Å². The molecule has 1 atom stereocenters. The van der Waals surface area contributed by atoms with E-state index in [1.807, 2.05) is 18.2 Å². The molecule has 0 heterocycles. The minimum absolute atomic E-state index is 0.359. The summed E-state index contributed by atoms with van der Waals surface area (Å²) in [4.78, 5) is 2.34. The summed E-state index contributed by atoms with van der Waals surface area (Å²) in [5.74, 6) is 0. The second-order valence-electron chi connectivity index (χ2n) is 5.40. The minimum atomic E-state index is -0.359. The summed E-state index contributed by atoms with van der Waals surface area (Å²) in [6.45, 7) is 6.24. The van der Waals surface area contributed by atoms with Gasteiger partial charge in [-0.25, -0.2) is 0 Å². The van der Waals surface area contributed by atoms with Crippen LogP contribution < -0.4 is 5.73 Å². The number of methoxy groups -OCH3 is 2. The lowest BCUT2D eigenvalue weighted by atomic mass is 9.92. The lowest BCUT2D eigenvalue weighted by Gasteiger charge is -2.33. The van der Waals surface area contributed by atoms with Gasteiger partial charge in [0.1, 0.15) is 0 Å². The topological polar surface area (TPSA) is 47.7 Å². The molecule has 0 fully saturated rings. The zero-order valence-corrected chi connectivity index (χ0v) is 13.0. The molecular formula is C16H28N2O2. The predicted octanol–water partition coefficient (Wildman–Crippen LogP) is 1.85. The van der Waals surface area contributed by atoms with Gasteiger partial charge in [0.2, 0.25) is 0 Å². The average Bonchev–Trinajstić information content (AvgIpc) is 2.45. The Morgan fingerprint density at radius 2 is 1.70 bits per heavy atom. The Bertz CT molecular complexity index is 355. The first-order valence-electron chi connectivity index (χ1n) is 7.15. The molecule has 1 unspecified atom stereocenters. The quantitative estimate of drug-likeness (QED) is 0.664. The van der Waals surface area contributed by atoms with Gasteiger partial charge in [-0.15, -0.1) is 0 Å². The molecule has 0 aliphatic carbocycles. The molecule has 20 heavy (non-hydrogen) atoms. The van der Waals surface area contributed by atoms with Crippen molar-refractivity contribution in [2.75, 3.05) is 47.1 Å². The maximum Gasteiger partial charge on any atom is 0.0589 e. The maximum atomic E-state index is 6.50. The molecule has 0 aromatic heterocycles. The summed E-state index contributed by atoms with van der Waals surface area (Å²) in [5.41, 5.74) is 7.30. The monoisotopic (exact) mass is 280 g/mol. The van der Waals surface area contributed by atoms with Gasteiger partial charge in [0.05, 0.1) is 12.1 Å². The van der Waals surface area contributed by atoms with E-state index in [0.717, 1.165) is 44.8 Å². The Kier molecular flexibility index (Phi) is 7.77. The molecule has 4 heteroatoms. The zero-order valence-electron chi connectivity index (χ0n) is 13.0. The number of nitrogens with two attached hydrogens (primary N) is 1. The zero-order chi connectivity index (χ0) is 14.8. The van der Waals surface area contributed by atoms with Gasteiger partial charge < -0.3 is 15.2 Å². The molecule has 0 spiro atoms. The molecule has 1 rings (SSSR count). The predicted molar refractivity (Wildman–Crippen MR) is 82.8 cm³/mol. The van der Waals surface area contributed by atoms with Crippen molar-refractivity contribution in [2.24, 2.45) is 5.73 Å². The molecule has 2 N–H and O–H groups in total. The van der Waals surface area contributed by atoms with E-state index >= 15 is 0 Å². The van der Waals surface area contributed by atoms with Gasteiger partial charge in [-0.1, -0.05) is 30.3 Å². The highest BCUT2D eigenvalue weighted by Crippen LogP contribution is 2.18. The van der Waals surface area contributed by atoms with Gasteiger partial charge in [0, 0.05) is 40.5 Å².